The fourth-order valence-corrected chi connectivity index (χ4v) is 5.16. The molecule has 1 saturated heterocycles. The molecule has 7 heteroatoms. The zero-order valence-electron chi connectivity index (χ0n) is 20.0. The van der Waals surface area contributed by atoms with E-state index in [9.17, 15) is 14.7 Å². The molecule has 1 N–H and O–H groups in total. The maximum absolute atomic E-state index is 13.0. The molecule has 2 fully saturated rings. The number of rotatable bonds is 8. The summed E-state index contributed by atoms with van der Waals surface area (Å²) < 4.78 is 17.0. The minimum absolute atomic E-state index is 0.0330. The molecular formula is C30H27ClO6. The largest absolute Gasteiger partial charge is 0.491 e. The second-order valence-electron chi connectivity index (χ2n) is 9.32. The first-order valence-electron chi connectivity index (χ1n) is 12.3. The number of ether oxygens (including phenoxy) is 3. The van der Waals surface area contributed by atoms with E-state index < -0.39 is 18.2 Å². The van der Waals surface area contributed by atoms with Crippen LogP contribution in [-0.4, -0.2) is 42.0 Å². The Bertz CT molecular complexity index is 1270. The third-order valence-corrected chi connectivity index (χ3v) is 7.04. The van der Waals surface area contributed by atoms with Gasteiger partial charge in [0.05, 0.1) is 12.0 Å². The topological polar surface area (TPSA) is 82.1 Å². The van der Waals surface area contributed by atoms with Gasteiger partial charge in [-0.15, -0.1) is 0 Å². The highest BCUT2D eigenvalue weighted by molar-refractivity contribution is 6.30. The summed E-state index contributed by atoms with van der Waals surface area (Å²) in [5.41, 5.74) is 2.52. The Labute approximate surface area is 220 Å². The van der Waals surface area contributed by atoms with Gasteiger partial charge in [-0.25, -0.2) is 4.79 Å². The summed E-state index contributed by atoms with van der Waals surface area (Å²) in [6.07, 6.45) is 2.45. The van der Waals surface area contributed by atoms with E-state index in [-0.39, 0.29) is 36.9 Å². The van der Waals surface area contributed by atoms with Crippen molar-refractivity contribution in [3.8, 4) is 16.9 Å². The van der Waals surface area contributed by atoms with Crippen molar-refractivity contribution in [3.63, 3.8) is 0 Å². The zero-order chi connectivity index (χ0) is 25.8. The van der Waals surface area contributed by atoms with Crippen LogP contribution in [-0.2, 0) is 14.3 Å². The molecule has 2 aliphatic rings. The summed E-state index contributed by atoms with van der Waals surface area (Å²) in [4.78, 5) is 24.9. The van der Waals surface area contributed by atoms with Crippen LogP contribution in [0.25, 0.3) is 11.1 Å². The molecule has 0 amide bonds. The van der Waals surface area contributed by atoms with Crippen LogP contribution in [0, 0.1) is 11.8 Å². The van der Waals surface area contributed by atoms with E-state index >= 15 is 0 Å². The van der Waals surface area contributed by atoms with Crippen LogP contribution in [0.1, 0.15) is 23.2 Å². The third kappa shape index (κ3) is 6.04. The predicted molar refractivity (Wildman–Crippen MR) is 139 cm³/mol. The highest BCUT2D eigenvalue weighted by atomic mass is 35.5. The molecule has 0 unspecified atom stereocenters. The Balaban J connectivity index is 1.24. The lowest BCUT2D eigenvalue weighted by atomic mass is 9.91. The lowest BCUT2D eigenvalue weighted by molar-refractivity contribution is -0.141. The molecule has 0 bridgehead atoms. The minimum atomic E-state index is -0.891. The van der Waals surface area contributed by atoms with Gasteiger partial charge in [-0.3, -0.25) is 4.79 Å². The van der Waals surface area contributed by atoms with Crippen molar-refractivity contribution in [1.82, 2.24) is 0 Å². The van der Waals surface area contributed by atoms with Crippen molar-refractivity contribution >= 4 is 23.5 Å². The number of hydrogen-bond acceptors (Lipinski definition) is 6. The van der Waals surface area contributed by atoms with Crippen molar-refractivity contribution in [2.24, 2.45) is 11.8 Å². The Hall–Kier alpha value is -3.61. The van der Waals surface area contributed by atoms with Crippen molar-refractivity contribution < 1.29 is 28.9 Å². The standard InChI is InChI=1S/C30H27ClO6/c31-22-7-4-8-24(15-22)35-18-23(32)13-14-25-26-16-29(33)36-28(26)17-27(25)37-30(34)21-11-9-20(10-12-21)19-5-2-1-3-6-19/h1-15,23,25-28,32H,16-18H2/b14-13+/t23-,25-,26+,27-,28+/m0/s1. The van der Waals surface area contributed by atoms with Crippen LogP contribution in [0.4, 0.5) is 0 Å². The fraction of sp³-hybridized carbons (Fsp3) is 0.267. The molecule has 0 aromatic heterocycles. The number of esters is 2. The van der Waals surface area contributed by atoms with Gasteiger partial charge in [-0.2, -0.15) is 0 Å². The first-order chi connectivity index (χ1) is 18.0. The molecule has 37 heavy (non-hydrogen) atoms. The average molecular weight is 519 g/mol. The lowest BCUT2D eigenvalue weighted by Crippen LogP contribution is -2.25. The molecule has 3 aromatic carbocycles. The quantitative estimate of drug-likeness (QED) is 0.314. The number of carbonyl (C=O) groups is 2. The lowest BCUT2D eigenvalue weighted by Gasteiger charge is -2.20. The van der Waals surface area contributed by atoms with Gasteiger partial charge in [0, 0.05) is 23.3 Å². The van der Waals surface area contributed by atoms with Gasteiger partial charge >= 0.3 is 11.9 Å². The number of carbonyl (C=O) groups excluding carboxylic acids is 2. The molecule has 0 spiro atoms. The normalized spacial score (nSPS) is 23.5. The van der Waals surface area contributed by atoms with Crippen molar-refractivity contribution in [1.29, 1.82) is 0 Å². The third-order valence-electron chi connectivity index (χ3n) is 6.81. The SMILES string of the molecule is O=C1C[C@@H]2[C@H](/C=C/[C@H](O)COc3cccc(Cl)c3)[C@@H](OC(=O)c3ccc(-c4ccccc4)cc3)C[C@H]2O1. The molecule has 5 rings (SSSR count). The molecule has 6 nitrogen and oxygen atoms in total. The second kappa shape index (κ2) is 11.2. The van der Waals surface area contributed by atoms with E-state index in [2.05, 4.69) is 0 Å². The monoisotopic (exact) mass is 518 g/mol. The van der Waals surface area contributed by atoms with Gasteiger partial charge in [-0.05, 0) is 41.5 Å². The molecule has 1 aliphatic heterocycles. The minimum Gasteiger partial charge on any atom is -0.491 e. The summed E-state index contributed by atoms with van der Waals surface area (Å²) >= 11 is 5.97. The number of fused-ring (bicyclic) bond motifs is 1. The number of halogens is 1. The highest BCUT2D eigenvalue weighted by Gasteiger charge is 2.50. The van der Waals surface area contributed by atoms with Crippen molar-refractivity contribution in [3.05, 3.63) is 102 Å². The maximum Gasteiger partial charge on any atom is 0.338 e. The highest BCUT2D eigenvalue weighted by Crippen LogP contribution is 2.43. The summed E-state index contributed by atoms with van der Waals surface area (Å²) in [6, 6.07) is 24.1. The fourth-order valence-electron chi connectivity index (χ4n) is 4.98. The van der Waals surface area contributed by atoms with E-state index in [1.807, 2.05) is 48.5 Å². The summed E-state index contributed by atoms with van der Waals surface area (Å²) in [5.74, 6) is -0.493. The van der Waals surface area contributed by atoms with Crippen LogP contribution in [0.15, 0.2) is 91.0 Å². The van der Waals surface area contributed by atoms with E-state index in [1.165, 1.54) is 0 Å². The smallest absolute Gasteiger partial charge is 0.338 e. The predicted octanol–water partition coefficient (Wildman–Crippen LogP) is 5.48. The van der Waals surface area contributed by atoms with Crippen LogP contribution in [0.5, 0.6) is 5.75 Å². The number of benzene rings is 3. The summed E-state index contributed by atoms with van der Waals surface area (Å²) in [6.45, 7) is 0.0330. The van der Waals surface area contributed by atoms with Crippen LogP contribution >= 0.6 is 11.6 Å². The number of aliphatic hydroxyl groups excluding tert-OH is 1. The average Bonchev–Trinajstić information content (AvgIpc) is 3.42. The number of aliphatic hydroxyl groups is 1. The van der Waals surface area contributed by atoms with Gasteiger partial charge < -0.3 is 19.3 Å². The zero-order valence-corrected chi connectivity index (χ0v) is 20.8. The maximum atomic E-state index is 13.0. The Morgan fingerprint density at radius 2 is 1.81 bits per heavy atom. The van der Waals surface area contributed by atoms with Crippen LogP contribution < -0.4 is 4.74 Å². The van der Waals surface area contributed by atoms with Crippen LogP contribution in [0.3, 0.4) is 0 Å². The Morgan fingerprint density at radius 3 is 2.57 bits per heavy atom. The van der Waals surface area contributed by atoms with E-state index in [0.717, 1.165) is 11.1 Å². The van der Waals surface area contributed by atoms with Crippen molar-refractivity contribution in [2.45, 2.75) is 31.2 Å². The summed E-state index contributed by atoms with van der Waals surface area (Å²) in [7, 11) is 0. The molecule has 1 heterocycles. The Kier molecular flexibility index (Phi) is 7.58. The van der Waals surface area contributed by atoms with Crippen LogP contribution in [0.2, 0.25) is 5.02 Å². The molecule has 3 aromatic rings. The molecule has 1 aliphatic carbocycles. The van der Waals surface area contributed by atoms with Crippen molar-refractivity contribution in [2.75, 3.05) is 6.61 Å². The van der Waals surface area contributed by atoms with Gasteiger partial charge in [0.2, 0.25) is 0 Å². The molecular weight excluding hydrogens is 492 g/mol. The molecule has 0 radical (unpaired) electrons. The first kappa shape index (κ1) is 25.1. The molecule has 5 atom stereocenters. The van der Waals surface area contributed by atoms with Gasteiger partial charge in [0.25, 0.3) is 0 Å². The number of hydrogen-bond donors (Lipinski definition) is 1. The van der Waals surface area contributed by atoms with Gasteiger partial charge in [-0.1, -0.05) is 72.3 Å². The first-order valence-corrected chi connectivity index (χ1v) is 12.6. The second-order valence-corrected chi connectivity index (χ2v) is 9.75. The van der Waals surface area contributed by atoms with Gasteiger partial charge in [0.1, 0.15) is 30.7 Å². The van der Waals surface area contributed by atoms with Gasteiger partial charge in [0.15, 0.2) is 0 Å². The summed E-state index contributed by atoms with van der Waals surface area (Å²) in [5, 5.41) is 11.0. The van der Waals surface area contributed by atoms with E-state index in [0.29, 0.717) is 22.8 Å². The van der Waals surface area contributed by atoms with E-state index in [4.69, 9.17) is 25.8 Å². The molecule has 1 saturated carbocycles. The van der Waals surface area contributed by atoms with E-state index in [1.54, 1.807) is 42.5 Å². The Morgan fingerprint density at radius 1 is 1.05 bits per heavy atom. The molecule has 190 valence electrons.